The molecule has 2 aromatic rings. The summed E-state index contributed by atoms with van der Waals surface area (Å²) in [6.07, 6.45) is 1.84. The molecule has 0 bridgehead atoms. The van der Waals surface area contributed by atoms with Crippen molar-refractivity contribution in [2.75, 3.05) is 31.1 Å². The van der Waals surface area contributed by atoms with Gasteiger partial charge in [0.05, 0.1) is 22.8 Å². The number of nitrogens with zero attached hydrogens (tertiary/aromatic N) is 3. The van der Waals surface area contributed by atoms with E-state index in [4.69, 9.17) is 4.74 Å². The van der Waals surface area contributed by atoms with Gasteiger partial charge in [-0.05, 0) is 75.9 Å². The minimum atomic E-state index is -1.02. The molecule has 2 aromatic carbocycles. The summed E-state index contributed by atoms with van der Waals surface area (Å²) in [7, 11) is 0. The summed E-state index contributed by atoms with van der Waals surface area (Å²) in [5.41, 5.74) is 2.55. The second-order valence-electron chi connectivity index (χ2n) is 7.24. The Balaban J connectivity index is 1.96. The van der Waals surface area contributed by atoms with Gasteiger partial charge in [-0.3, -0.25) is 9.69 Å². The van der Waals surface area contributed by atoms with Gasteiger partial charge in [0.25, 0.3) is 5.91 Å². The maximum atomic E-state index is 13.1. The van der Waals surface area contributed by atoms with Gasteiger partial charge in [-0.25, -0.2) is 9.79 Å². The Morgan fingerprint density at radius 3 is 2.55 bits per heavy atom. The molecule has 1 fully saturated rings. The summed E-state index contributed by atoms with van der Waals surface area (Å²) >= 11 is 1.28. The number of carboxylic acids is 1. The van der Waals surface area contributed by atoms with Crippen LogP contribution >= 0.6 is 11.8 Å². The number of benzene rings is 2. The van der Waals surface area contributed by atoms with E-state index in [-0.39, 0.29) is 11.5 Å². The smallest absolute Gasteiger partial charge is 0.335 e. The molecule has 1 N–H and O–H groups in total. The first kappa shape index (κ1) is 24.4. The Labute approximate surface area is 198 Å². The topological polar surface area (TPSA) is 82.4 Å². The molecular weight excluding hydrogens is 438 g/mol. The molecule has 7 nitrogen and oxygen atoms in total. The molecule has 1 heterocycles. The first-order valence-corrected chi connectivity index (χ1v) is 11.9. The van der Waals surface area contributed by atoms with Gasteiger partial charge < -0.3 is 14.7 Å². The number of anilines is 1. The number of carbonyl (C=O) groups excluding carboxylic acids is 1. The van der Waals surface area contributed by atoms with Crippen LogP contribution in [0.4, 0.5) is 11.4 Å². The zero-order valence-electron chi connectivity index (χ0n) is 19.4. The second-order valence-corrected chi connectivity index (χ2v) is 8.25. The average Bonchev–Trinajstić information content (AvgIpc) is 3.10. The van der Waals surface area contributed by atoms with Crippen molar-refractivity contribution in [1.82, 2.24) is 4.90 Å². The molecule has 33 heavy (non-hydrogen) atoms. The fraction of sp³-hybridized carbons (Fsp3) is 0.320. The van der Waals surface area contributed by atoms with Crippen molar-refractivity contribution in [1.29, 1.82) is 0 Å². The van der Waals surface area contributed by atoms with Crippen LogP contribution in [0.1, 0.15) is 43.6 Å². The lowest BCUT2D eigenvalue weighted by atomic mass is 10.1. The van der Waals surface area contributed by atoms with E-state index < -0.39 is 5.97 Å². The van der Waals surface area contributed by atoms with E-state index in [2.05, 4.69) is 23.7 Å². The summed E-state index contributed by atoms with van der Waals surface area (Å²) in [6, 6.07) is 12.4. The zero-order valence-corrected chi connectivity index (χ0v) is 20.2. The Bertz CT molecular complexity index is 1090. The lowest BCUT2D eigenvalue weighted by Gasteiger charge is -2.22. The van der Waals surface area contributed by atoms with Crippen molar-refractivity contribution in [3.8, 4) is 5.75 Å². The molecular formula is C25H29N3O4S. The fourth-order valence-corrected chi connectivity index (χ4v) is 4.59. The minimum absolute atomic E-state index is 0.133. The number of amidine groups is 1. The minimum Gasteiger partial charge on any atom is -0.493 e. The molecule has 1 aliphatic rings. The Kier molecular flexibility index (Phi) is 8.16. The Morgan fingerprint density at radius 1 is 1.15 bits per heavy atom. The van der Waals surface area contributed by atoms with Gasteiger partial charge in [0, 0.05) is 37.0 Å². The molecule has 1 saturated heterocycles. The number of aromatic carboxylic acids is 1. The number of likely N-dealkylation sites (N-methyl/N-ethyl adjacent to an activating group) is 1. The molecule has 1 aliphatic heterocycles. The summed E-state index contributed by atoms with van der Waals surface area (Å²) < 4.78 is 5.88. The highest BCUT2D eigenvalue weighted by molar-refractivity contribution is 8.18. The van der Waals surface area contributed by atoms with Crippen molar-refractivity contribution >= 4 is 46.3 Å². The third kappa shape index (κ3) is 5.57. The van der Waals surface area contributed by atoms with Crippen LogP contribution in [0.25, 0.3) is 6.08 Å². The first-order chi connectivity index (χ1) is 15.9. The molecule has 3 rings (SSSR count). The quantitative estimate of drug-likeness (QED) is 0.507. The molecule has 0 atom stereocenters. The van der Waals surface area contributed by atoms with E-state index in [1.807, 2.05) is 38.1 Å². The third-order valence-electron chi connectivity index (χ3n) is 5.23. The van der Waals surface area contributed by atoms with Crippen LogP contribution in [0.15, 0.2) is 52.4 Å². The molecule has 1 amide bonds. The highest BCUT2D eigenvalue weighted by atomic mass is 32.2. The predicted octanol–water partition coefficient (Wildman–Crippen LogP) is 5.25. The van der Waals surface area contributed by atoms with Crippen molar-refractivity contribution in [3.63, 3.8) is 0 Å². The lowest BCUT2D eigenvalue weighted by Crippen LogP contribution is -2.28. The van der Waals surface area contributed by atoms with Gasteiger partial charge in [-0.1, -0.05) is 6.07 Å². The number of hydrogen-bond acceptors (Lipinski definition) is 6. The molecule has 0 unspecified atom stereocenters. The van der Waals surface area contributed by atoms with Crippen LogP contribution in [0, 0.1) is 0 Å². The van der Waals surface area contributed by atoms with Gasteiger partial charge in [0.15, 0.2) is 5.17 Å². The van der Waals surface area contributed by atoms with Crippen LogP contribution < -0.4 is 9.64 Å². The monoisotopic (exact) mass is 467 g/mol. The predicted molar refractivity (Wildman–Crippen MR) is 135 cm³/mol. The number of rotatable bonds is 9. The molecule has 0 saturated carbocycles. The molecule has 0 aromatic heterocycles. The fourth-order valence-electron chi connectivity index (χ4n) is 3.54. The number of carboxylic acid groups (broad SMARTS) is 1. The molecule has 8 heteroatoms. The van der Waals surface area contributed by atoms with Crippen molar-refractivity contribution in [3.05, 3.63) is 58.5 Å². The third-order valence-corrected chi connectivity index (χ3v) is 6.24. The number of carbonyl (C=O) groups is 2. The highest BCUT2D eigenvalue weighted by Crippen LogP contribution is 2.36. The average molecular weight is 468 g/mol. The largest absolute Gasteiger partial charge is 0.493 e. The van der Waals surface area contributed by atoms with Gasteiger partial charge in [0.2, 0.25) is 0 Å². The van der Waals surface area contributed by atoms with Crippen LogP contribution in [0.3, 0.4) is 0 Å². The molecule has 0 spiro atoms. The van der Waals surface area contributed by atoms with Gasteiger partial charge in [-0.2, -0.15) is 0 Å². The number of ether oxygens (including phenoxy) is 1. The van der Waals surface area contributed by atoms with Crippen molar-refractivity contribution < 1.29 is 19.4 Å². The van der Waals surface area contributed by atoms with Crippen molar-refractivity contribution in [2.45, 2.75) is 27.7 Å². The molecule has 174 valence electrons. The van der Waals surface area contributed by atoms with E-state index in [1.165, 1.54) is 23.9 Å². The highest BCUT2D eigenvalue weighted by Gasteiger charge is 2.32. The number of hydrogen-bond donors (Lipinski definition) is 1. The van der Waals surface area contributed by atoms with Gasteiger partial charge >= 0.3 is 5.97 Å². The van der Waals surface area contributed by atoms with Crippen LogP contribution in [-0.2, 0) is 4.79 Å². The summed E-state index contributed by atoms with van der Waals surface area (Å²) in [6.45, 7) is 10.8. The van der Waals surface area contributed by atoms with Crippen LogP contribution in [-0.4, -0.2) is 53.3 Å². The summed E-state index contributed by atoms with van der Waals surface area (Å²) in [5, 5.41) is 9.75. The molecule has 0 aliphatic carbocycles. The van der Waals surface area contributed by atoms with E-state index in [1.54, 1.807) is 17.0 Å². The molecule has 0 radical (unpaired) electrons. The second kappa shape index (κ2) is 11.0. The standard InChI is InChI=1S/C25H29N3O4S/c1-5-27(6-2)20-13-12-17(21(16-20)32-8-4)15-22-23(29)28(7-3)25(33-22)26-19-11-9-10-18(14-19)24(30)31/h9-16H,5-8H2,1-4H3,(H,30,31). The number of amides is 1. The Hall–Kier alpha value is -3.26. The summed E-state index contributed by atoms with van der Waals surface area (Å²) in [4.78, 5) is 33.3. The van der Waals surface area contributed by atoms with E-state index in [9.17, 15) is 14.7 Å². The van der Waals surface area contributed by atoms with Crippen LogP contribution in [0.5, 0.6) is 5.75 Å². The van der Waals surface area contributed by atoms with E-state index in [0.29, 0.717) is 28.9 Å². The summed E-state index contributed by atoms with van der Waals surface area (Å²) in [5.74, 6) is -0.423. The lowest BCUT2D eigenvalue weighted by molar-refractivity contribution is -0.122. The van der Waals surface area contributed by atoms with E-state index >= 15 is 0 Å². The van der Waals surface area contributed by atoms with E-state index in [0.717, 1.165) is 30.1 Å². The van der Waals surface area contributed by atoms with Gasteiger partial charge in [-0.15, -0.1) is 0 Å². The number of thioether (sulfide) groups is 1. The van der Waals surface area contributed by atoms with Crippen molar-refractivity contribution in [2.24, 2.45) is 4.99 Å². The maximum Gasteiger partial charge on any atom is 0.335 e. The zero-order chi connectivity index (χ0) is 24.0. The first-order valence-electron chi connectivity index (χ1n) is 11.1. The SMILES string of the molecule is CCOc1cc(N(CC)CC)ccc1C=C1SC(=Nc2cccc(C(=O)O)c2)N(CC)C1=O. The number of aliphatic imine (C=N–C) groups is 1. The maximum absolute atomic E-state index is 13.1. The van der Waals surface area contributed by atoms with Gasteiger partial charge in [0.1, 0.15) is 5.75 Å². The van der Waals surface area contributed by atoms with Crippen LogP contribution in [0.2, 0.25) is 0 Å². The normalized spacial score (nSPS) is 16.0. The Morgan fingerprint density at radius 2 is 1.91 bits per heavy atom.